The maximum absolute atomic E-state index is 9.41. The van der Waals surface area contributed by atoms with E-state index < -0.39 is 0 Å². The summed E-state index contributed by atoms with van der Waals surface area (Å²) in [6.45, 7) is 9.68. The van der Waals surface area contributed by atoms with Gasteiger partial charge in [0.15, 0.2) is 0 Å². The number of aliphatic hydroxyl groups is 2. The first-order valence-electron chi connectivity index (χ1n) is 7.40. The van der Waals surface area contributed by atoms with E-state index in [1.807, 2.05) is 0 Å². The molecule has 0 radical (unpaired) electrons. The molecule has 3 rings (SSSR count). The Balaban J connectivity index is 1.46. The van der Waals surface area contributed by atoms with Crippen LogP contribution in [-0.4, -0.2) is 72.5 Å². The predicted molar refractivity (Wildman–Crippen MR) is 70.2 cm³/mol. The van der Waals surface area contributed by atoms with Crippen LogP contribution in [0.15, 0.2) is 0 Å². The smallest absolute Gasteiger partial charge is 0.0515 e. The highest BCUT2D eigenvalue weighted by Crippen LogP contribution is 2.62. The molecule has 2 saturated heterocycles. The Labute approximate surface area is 110 Å². The monoisotopic (exact) mass is 254 g/mol. The van der Waals surface area contributed by atoms with Gasteiger partial charge in [-0.25, -0.2) is 0 Å². The SMILES string of the molecule is CCN1CCC(CN2CC3C(C2)C3(CO)CO)C1. The van der Waals surface area contributed by atoms with Gasteiger partial charge in [0.25, 0.3) is 0 Å². The second kappa shape index (κ2) is 4.75. The summed E-state index contributed by atoms with van der Waals surface area (Å²) in [5.74, 6) is 1.94. The first-order chi connectivity index (χ1) is 8.73. The minimum absolute atomic E-state index is 0.123. The van der Waals surface area contributed by atoms with E-state index in [2.05, 4.69) is 16.7 Å². The van der Waals surface area contributed by atoms with Gasteiger partial charge in [-0.15, -0.1) is 0 Å². The summed E-state index contributed by atoms with van der Waals surface area (Å²) < 4.78 is 0. The molecule has 104 valence electrons. The quantitative estimate of drug-likeness (QED) is 0.717. The van der Waals surface area contributed by atoms with Crippen LogP contribution >= 0.6 is 0 Å². The lowest BCUT2D eigenvalue weighted by Crippen LogP contribution is -2.35. The van der Waals surface area contributed by atoms with Crippen molar-refractivity contribution in [2.75, 3.05) is 52.5 Å². The largest absolute Gasteiger partial charge is 0.396 e. The minimum atomic E-state index is -0.123. The van der Waals surface area contributed by atoms with Crippen molar-refractivity contribution in [3.05, 3.63) is 0 Å². The Hall–Kier alpha value is -0.160. The fraction of sp³-hybridized carbons (Fsp3) is 1.00. The first-order valence-corrected chi connectivity index (χ1v) is 7.40. The highest BCUT2D eigenvalue weighted by atomic mass is 16.3. The molecule has 3 unspecified atom stereocenters. The number of fused-ring (bicyclic) bond motifs is 1. The molecule has 2 aliphatic heterocycles. The summed E-state index contributed by atoms with van der Waals surface area (Å²) >= 11 is 0. The normalized spacial score (nSPS) is 39.2. The van der Waals surface area contributed by atoms with E-state index in [0.29, 0.717) is 11.8 Å². The summed E-state index contributed by atoms with van der Waals surface area (Å²) in [5, 5.41) is 18.8. The van der Waals surface area contributed by atoms with Crippen LogP contribution in [0, 0.1) is 23.2 Å². The Morgan fingerprint density at radius 3 is 2.22 bits per heavy atom. The van der Waals surface area contributed by atoms with Crippen molar-refractivity contribution in [1.29, 1.82) is 0 Å². The van der Waals surface area contributed by atoms with Crippen molar-refractivity contribution in [3.8, 4) is 0 Å². The van der Waals surface area contributed by atoms with Crippen LogP contribution in [0.5, 0.6) is 0 Å². The molecule has 2 heterocycles. The van der Waals surface area contributed by atoms with E-state index in [1.165, 1.54) is 32.6 Å². The maximum Gasteiger partial charge on any atom is 0.0515 e. The average molecular weight is 254 g/mol. The lowest BCUT2D eigenvalue weighted by Gasteiger charge is -2.26. The predicted octanol–water partition coefficient (Wildman–Crippen LogP) is -0.139. The lowest BCUT2D eigenvalue weighted by atomic mass is 10.0. The third kappa shape index (κ3) is 1.90. The molecule has 2 N–H and O–H groups in total. The van der Waals surface area contributed by atoms with Crippen LogP contribution in [0.1, 0.15) is 13.3 Å². The Morgan fingerprint density at radius 2 is 1.72 bits per heavy atom. The number of hydrogen-bond donors (Lipinski definition) is 2. The van der Waals surface area contributed by atoms with Crippen molar-refractivity contribution in [2.45, 2.75) is 13.3 Å². The number of hydrogen-bond acceptors (Lipinski definition) is 4. The molecule has 1 saturated carbocycles. The molecule has 3 aliphatic rings. The van der Waals surface area contributed by atoms with Gasteiger partial charge in [-0.05, 0) is 37.3 Å². The van der Waals surface area contributed by atoms with E-state index in [4.69, 9.17) is 0 Å². The van der Waals surface area contributed by atoms with Gasteiger partial charge in [0.2, 0.25) is 0 Å². The van der Waals surface area contributed by atoms with Crippen LogP contribution < -0.4 is 0 Å². The van der Waals surface area contributed by atoms with Gasteiger partial charge in [0.1, 0.15) is 0 Å². The molecule has 0 aromatic carbocycles. The molecular weight excluding hydrogens is 228 g/mol. The third-order valence-electron chi connectivity index (χ3n) is 5.69. The first kappa shape index (κ1) is 12.9. The lowest BCUT2D eigenvalue weighted by molar-refractivity contribution is 0.0850. The molecule has 4 heteroatoms. The van der Waals surface area contributed by atoms with Crippen LogP contribution in [-0.2, 0) is 0 Å². The van der Waals surface area contributed by atoms with Crippen LogP contribution in [0.2, 0.25) is 0 Å². The van der Waals surface area contributed by atoms with Gasteiger partial charge in [-0.3, -0.25) is 0 Å². The van der Waals surface area contributed by atoms with Gasteiger partial charge in [0, 0.05) is 31.6 Å². The summed E-state index contributed by atoms with van der Waals surface area (Å²) in [7, 11) is 0. The zero-order chi connectivity index (χ0) is 12.8. The minimum Gasteiger partial charge on any atom is -0.396 e. The van der Waals surface area contributed by atoms with E-state index in [0.717, 1.165) is 19.0 Å². The third-order valence-corrected chi connectivity index (χ3v) is 5.69. The van der Waals surface area contributed by atoms with Gasteiger partial charge in [-0.2, -0.15) is 0 Å². The highest BCUT2D eigenvalue weighted by Gasteiger charge is 2.67. The second-order valence-corrected chi connectivity index (χ2v) is 6.53. The second-order valence-electron chi connectivity index (χ2n) is 6.53. The molecule has 3 atom stereocenters. The van der Waals surface area contributed by atoms with Crippen molar-refractivity contribution in [1.82, 2.24) is 9.80 Å². The molecule has 0 aromatic heterocycles. The molecule has 0 aromatic rings. The van der Waals surface area contributed by atoms with Crippen molar-refractivity contribution >= 4 is 0 Å². The zero-order valence-electron chi connectivity index (χ0n) is 11.4. The van der Waals surface area contributed by atoms with E-state index >= 15 is 0 Å². The number of aliphatic hydroxyl groups excluding tert-OH is 2. The van der Waals surface area contributed by atoms with Gasteiger partial charge in [-0.1, -0.05) is 6.92 Å². The molecular formula is C14H26N2O2. The van der Waals surface area contributed by atoms with Gasteiger partial charge >= 0.3 is 0 Å². The molecule has 18 heavy (non-hydrogen) atoms. The topological polar surface area (TPSA) is 46.9 Å². The number of likely N-dealkylation sites (tertiary alicyclic amines) is 2. The van der Waals surface area contributed by atoms with Crippen LogP contribution in [0.25, 0.3) is 0 Å². The van der Waals surface area contributed by atoms with Crippen LogP contribution in [0.4, 0.5) is 0 Å². The van der Waals surface area contributed by atoms with E-state index in [-0.39, 0.29) is 18.6 Å². The van der Waals surface area contributed by atoms with Crippen LogP contribution in [0.3, 0.4) is 0 Å². The van der Waals surface area contributed by atoms with Crippen molar-refractivity contribution in [3.63, 3.8) is 0 Å². The van der Waals surface area contributed by atoms with Gasteiger partial charge < -0.3 is 20.0 Å². The number of rotatable bonds is 5. The maximum atomic E-state index is 9.41. The number of nitrogens with zero attached hydrogens (tertiary/aromatic N) is 2. The Morgan fingerprint density at radius 1 is 1.06 bits per heavy atom. The average Bonchev–Trinajstić information content (AvgIpc) is 2.81. The fourth-order valence-electron chi connectivity index (χ4n) is 4.30. The molecule has 0 bridgehead atoms. The van der Waals surface area contributed by atoms with Gasteiger partial charge in [0.05, 0.1) is 13.2 Å². The fourth-order valence-corrected chi connectivity index (χ4v) is 4.30. The summed E-state index contributed by atoms with van der Waals surface area (Å²) in [6, 6.07) is 0. The van der Waals surface area contributed by atoms with E-state index in [9.17, 15) is 10.2 Å². The van der Waals surface area contributed by atoms with Crippen molar-refractivity contribution in [2.24, 2.45) is 23.2 Å². The molecule has 3 fully saturated rings. The molecule has 0 spiro atoms. The zero-order valence-corrected chi connectivity index (χ0v) is 11.4. The molecule has 1 aliphatic carbocycles. The number of piperidine rings is 1. The molecule has 4 nitrogen and oxygen atoms in total. The summed E-state index contributed by atoms with van der Waals surface area (Å²) in [6.07, 6.45) is 1.34. The Kier molecular flexibility index (Phi) is 3.39. The Bertz CT molecular complexity index is 292. The standard InChI is InChI=1S/C14H26N2O2/c1-2-15-4-3-11(5-15)6-16-7-12-13(8-16)14(12,9-17)10-18/h11-13,17-18H,2-10H2,1H3. The van der Waals surface area contributed by atoms with Crippen molar-refractivity contribution < 1.29 is 10.2 Å². The molecule has 0 amide bonds. The van der Waals surface area contributed by atoms with E-state index in [1.54, 1.807) is 0 Å². The summed E-state index contributed by atoms with van der Waals surface area (Å²) in [5.41, 5.74) is -0.123. The summed E-state index contributed by atoms with van der Waals surface area (Å²) in [4.78, 5) is 5.09. The highest BCUT2D eigenvalue weighted by molar-refractivity contribution is 5.15.